The monoisotopic (exact) mass is 487 g/mol. The zero-order valence-electron chi connectivity index (χ0n) is 20.9. The Bertz CT molecular complexity index is 930. The van der Waals surface area contributed by atoms with E-state index in [0.717, 1.165) is 51.4 Å². The average molecular weight is 488 g/mol. The van der Waals surface area contributed by atoms with Crippen LogP contribution in [0.2, 0.25) is 0 Å². The standard InChI is InChI=1S/C27H37NO7/c1-26-13-11-17(29)15-16(26)3-4-18-19-5-6-21(27(19,2)14-12-20(18)26)34-24(32)9-10-25(33)35-28-22(30)7-8-23(28)31/h16,18-21H,3-15H2,1-2H3/t16-,18-,19+,20-,21-,26-,27-/m0/s1. The SMILES string of the molecule is C[C@]12CCC(=O)C[C@@H]1CC[C@H]1[C@H]3CC[C@H](OC(=O)CCC(=O)ON4C(=O)CCC4=O)[C@@]3(C)CC[C@@H]12. The number of rotatable bonds is 5. The summed E-state index contributed by atoms with van der Waals surface area (Å²) in [7, 11) is 0. The highest BCUT2D eigenvalue weighted by Gasteiger charge is 2.61. The third-order valence-corrected chi connectivity index (χ3v) is 10.4. The van der Waals surface area contributed by atoms with Gasteiger partial charge in [0.05, 0.1) is 12.8 Å². The molecule has 0 bridgehead atoms. The number of carbonyl (C=O) groups is 5. The zero-order chi connectivity index (χ0) is 25.0. The molecule has 8 nitrogen and oxygen atoms in total. The van der Waals surface area contributed by atoms with Crippen molar-refractivity contribution in [2.75, 3.05) is 0 Å². The normalized spacial score (nSPS) is 40.7. The summed E-state index contributed by atoms with van der Waals surface area (Å²) in [6, 6.07) is 0. The first-order valence-electron chi connectivity index (χ1n) is 13.4. The maximum absolute atomic E-state index is 12.6. The smallest absolute Gasteiger partial charge is 0.333 e. The van der Waals surface area contributed by atoms with Crippen molar-refractivity contribution in [2.45, 2.75) is 103 Å². The van der Waals surface area contributed by atoms with Crippen molar-refractivity contribution in [1.29, 1.82) is 0 Å². The quantitative estimate of drug-likeness (QED) is 0.428. The van der Waals surface area contributed by atoms with Gasteiger partial charge in [-0.3, -0.25) is 19.2 Å². The summed E-state index contributed by atoms with van der Waals surface area (Å²) in [5.41, 5.74) is 0.199. The second kappa shape index (κ2) is 9.00. The molecule has 2 amide bonds. The van der Waals surface area contributed by atoms with Crippen LogP contribution in [0.15, 0.2) is 0 Å². The largest absolute Gasteiger partial charge is 0.462 e. The number of carbonyl (C=O) groups excluding carboxylic acids is 5. The second-order valence-electron chi connectivity index (χ2n) is 12.0. The van der Waals surface area contributed by atoms with Gasteiger partial charge in [0.2, 0.25) is 0 Å². The number of hydroxylamine groups is 2. The summed E-state index contributed by atoms with van der Waals surface area (Å²) >= 11 is 0. The molecule has 1 saturated heterocycles. The Morgan fingerprint density at radius 1 is 0.829 bits per heavy atom. The maximum atomic E-state index is 12.6. The van der Waals surface area contributed by atoms with Gasteiger partial charge in [-0.25, -0.2) is 4.79 Å². The molecule has 5 fully saturated rings. The number of imide groups is 1. The van der Waals surface area contributed by atoms with Crippen molar-refractivity contribution in [3.05, 3.63) is 0 Å². The lowest BCUT2D eigenvalue weighted by Crippen LogP contribution is -2.54. The van der Waals surface area contributed by atoms with E-state index >= 15 is 0 Å². The minimum atomic E-state index is -0.780. The van der Waals surface area contributed by atoms with Crippen LogP contribution >= 0.6 is 0 Å². The highest BCUT2D eigenvalue weighted by atomic mass is 16.7. The number of Topliss-reactive ketones (excluding diaryl/α,β-unsaturated/α-hetero) is 1. The molecule has 1 aliphatic heterocycles. The lowest BCUT2D eigenvalue weighted by atomic mass is 9.45. The summed E-state index contributed by atoms with van der Waals surface area (Å²) < 4.78 is 5.93. The number of esters is 1. The molecular weight excluding hydrogens is 450 g/mol. The Hall–Kier alpha value is -2.25. The number of hydrogen-bond acceptors (Lipinski definition) is 7. The van der Waals surface area contributed by atoms with E-state index < -0.39 is 23.8 Å². The van der Waals surface area contributed by atoms with Gasteiger partial charge in [-0.05, 0) is 74.0 Å². The number of fused-ring (bicyclic) bond motifs is 5. The van der Waals surface area contributed by atoms with Gasteiger partial charge in [-0.15, -0.1) is 5.06 Å². The van der Waals surface area contributed by atoms with Crippen molar-refractivity contribution in [1.82, 2.24) is 5.06 Å². The second-order valence-corrected chi connectivity index (χ2v) is 12.0. The Kier molecular flexibility index (Phi) is 6.29. The minimum absolute atomic E-state index is 0.0371. The maximum Gasteiger partial charge on any atom is 0.333 e. The molecule has 0 N–H and O–H groups in total. The van der Waals surface area contributed by atoms with Gasteiger partial charge in [0.1, 0.15) is 11.9 Å². The number of nitrogens with zero attached hydrogens (tertiary/aromatic N) is 1. The molecule has 0 aromatic heterocycles. The molecule has 5 aliphatic rings. The first kappa shape index (κ1) is 24.4. The van der Waals surface area contributed by atoms with Crippen molar-refractivity contribution < 1.29 is 33.5 Å². The molecule has 35 heavy (non-hydrogen) atoms. The lowest BCUT2D eigenvalue weighted by molar-refractivity contribution is -0.198. The summed E-state index contributed by atoms with van der Waals surface area (Å²) in [5, 5.41) is 0.506. The number of ketones is 1. The Morgan fingerprint density at radius 3 is 2.26 bits per heavy atom. The molecule has 0 aromatic rings. The van der Waals surface area contributed by atoms with Gasteiger partial charge < -0.3 is 9.57 Å². The van der Waals surface area contributed by atoms with E-state index in [1.54, 1.807) is 0 Å². The molecule has 5 rings (SSSR count). The minimum Gasteiger partial charge on any atom is -0.462 e. The molecule has 0 radical (unpaired) electrons. The van der Waals surface area contributed by atoms with Crippen LogP contribution in [0.1, 0.15) is 97.3 Å². The number of hydrogen-bond donors (Lipinski definition) is 0. The fourth-order valence-corrected chi connectivity index (χ4v) is 8.42. The molecule has 4 saturated carbocycles. The van der Waals surface area contributed by atoms with Crippen LogP contribution in [0.3, 0.4) is 0 Å². The van der Waals surface area contributed by atoms with Gasteiger partial charge in [0, 0.05) is 31.1 Å². The molecule has 7 atom stereocenters. The third-order valence-electron chi connectivity index (χ3n) is 10.4. The summed E-state index contributed by atoms with van der Waals surface area (Å²) in [6.45, 7) is 4.70. The Morgan fingerprint density at radius 2 is 1.51 bits per heavy atom. The van der Waals surface area contributed by atoms with E-state index in [9.17, 15) is 24.0 Å². The van der Waals surface area contributed by atoms with Gasteiger partial charge >= 0.3 is 11.9 Å². The topological polar surface area (TPSA) is 107 Å². The van der Waals surface area contributed by atoms with E-state index in [2.05, 4.69) is 13.8 Å². The van der Waals surface area contributed by atoms with E-state index in [4.69, 9.17) is 9.57 Å². The van der Waals surface area contributed by atoms with Gasteiger partial charge in [-0.1, -0.05) is 13.8 Å². The first-order chi connectivity index (χ1) is 16.6. The van der Waals surface area contributed by atoms with Crippen molar-refractivity contribution in [3.8, 4) is 0 Å². The van der Waals surface area contributed by atoms with Crippen LogP contribution in [-0.4, -0.2) is 40.7 Å². The summed E-state index contributed by atoms with van der Waals surface area (Å²) in [5.74, 6) is 0.464. The van der Waals surface area contributed by atoms with Crippen molar-refractivity contribution in [3.63, 3.8) is 0 Å². The van der Waals surface area contributed by atoms with Crippen LogP contribution in [0.5, 0.6) is 0 Å². The Labute approximate surface area is 206 Å². The fraction of sp³-hybridized carbons (Fsp3) is 0.815. The molecule has 0 spiro atoms. The van der Waals surface area contributed by atoms with Crippen LogP contribution in [0, 0.1) is 34.5 Å². The van der Waals surface area contributed by atoms with Crippen molar-refractivity contribution >= 4 is 29.5 Å². The zero-order valence-corrected chi connectivity index (χ0v) is 20.9. The van der Waals surface area contributed by atoms with Gasteiger partial charge in [0.15, 0.2) is 0 Å². The highest BCUT2D eigenvalue weighted by Crippen LogP contribution is 2.66. The first-order valence-corrected chi connectivity index (χ1v) is 13.4. The summed E-state index contributed by atoms with van der Waals surface area (Å²) in [4.78, 5) is 64.8. The third kappa shape index (κ3) is 4.20. The molecular formula is C27H37NO7. The average Bonchev–Trinajstić information content (AvgIpc) is 3.31. The molecule has 8 heteroatoms. The van der Waals surface area contributed by atoms with Crippen LogP contribution in [-0.2, 0) is 33.5 Å². The Balaban J connectivity index is 1.17. The van der Waals surface area contributed by atoms with Crippen LogP contribution in [0.4, 0.5) is 0 Å². The van der Waals surface area contributed by atoms with E-state index in [1.165, 1.54) is 6.42 Å². The van der Waals surface area contributed by atoms with E-state index in [-0.39, 0.29) is 42.6 Å². The molecule has 192 valence electrons. The van der Waals surface area contributed by atoms with Gasteiger partial charge in [0.25, 0.3) is 11.8 Å². The highest BCUT2D eigenvalue weighted by molar-refractivity contribution is 6.01. The fourth-order valence-electron chi connectivity index (χ4n) is 8.42. The lowest BCUT2D eigenvalue weighted by Gasteiger charge is -2.60. The van der Waals surface area contributed by atoms with Gasteiger partial charge in [-0.2, -0.15) is 0 Å². The number of amides is 2. The number of ether oxygens (including phenoxy) is 1. The predicted octanol–water partition coefficient (Wildman–Crippen LogP) is 3.90. The molecule has 0 unspecified atom stereocenters. The predicted molar refractivity (Wildman–Crippen MR) is 123 cm³/mol. The molecule has 1 heterocycles. The van der Waals surface area contributed by atoms with E-state index in [1.807, 2.05) is 0 Å². The van der Waals surface area contributed by atoms with Crippen molar-refractivity contribution in [2.24, 2.45) is 34.5 Å². The van der Waals surface area contributed by atoms with Crippen LogP contribution in [0.25, 0.3) is 0 Å². The van der Waals surface area contributed by atoms with E-state index in [0.29, 0.717) is 34.5 Å². The van der Waals surface area contributed by atoms with Crippen LogP contribution < -0.4 is 0 Å². The summed E-state index contributed by atoms with van der Waals surface area (Å²) in [6.07, 6.45) is 8.39. The molecule has 0 aromatic carbocycles. The molecule has 4 aliphatic carbocycles.